The summed E-state index contributed by atoms with van der Waals surface area (Å²) in [6, 6.07) is 4.28. The highest BCUT2D eigenvalue weighted by molar-refractivity contribution is 5.76. The van der Waals surface area contributed by atoms with E-state index in [9.17, 15) is 4.79 Å². The first-order chi connectivity index (χ1) is 8.25. The van der Waals surface area contributed by atoms with Gasteiger partial charge in [-0.25, -0.2) is 0 Å². The molecule has 1 amide bonds. The SMILES string of the molecule is Cc1cccnc1CNC1CCCNC(=O)C1. The van der Waals surface area contributed by atoms with Gasteiger partial charge in [-0.2, -0.15) is 0 Å². The van der Waals surface area contributed by atoms with Crippen molar-refractivity contribution in [2.24, 2.45) is 0 Å². The highest BCUT2D eigenvalue weighted by Gasteiger charge is 2.16. The number of carbonyl (C=O) groups excluding carboxylic acids is 1. The number of aryl methyl sites for hydroxylation is 1. The maximum atomic E-state index is 11.4. The summed E-state index contributed by atoms with van der Waals surface area (Å²) in [4.78, 5) is 15.7. The van der Waals surface area contributed by atoms with E-state index in [2.05, 4.69) is 28.6 Å². The number of hydrogen-bond acceptors (Lipinski definition) is 3. The number of carbonyl (C=O) groups is 1. The van der Waals surface area contributed by atoms with Crippen LogP contribution >= 0.6 is 0 Å². The molecule has 1 unspecified atom stereocenters. The van der Waals surface area contributed by atoms with Crippen LogP contribution in [0.15, 0.2) is 18.3 Å². The number of nitrogens with one attached hydrogen (secondary N) is 2. The minimum absolute atomic E-state index is 0.151. The predicted molar refractivity (Wildman–Crippen MR) is 66.5 cm³/mol. The number of nitrogens with zero attached hydrogens (tertiary/aromatic N) is 1. The number of amides is 1. The summed E-state index contributed by atoms with van der Waals surface area (Å²) in [6.07, 6.45) is 4.48. The van der Waals surface area contributed by atoms with Gasteiger partial charge in [0.1, 0.15) is 0 Å². The molecule has 0 aromatic carbocycles. The molecule has 1 fully saturated rings. The van der Waals surface area contributed by atoms with Gasteiger partial charge < -0.3 is 10.6 Å². The molecule has 1 atom stereocenters. The van der Waals surface area contributed by atoms with Gasteiger partial charge in [-0.15, -0.1) is 0 Å². The Kier molecular flexibility index (Phi) is 4.09. The lowest BCUT2D eigenvalue weighted by molar-refractivity contribution is -0.121. The second kappa shape index (κ2) is 5.77. The smallest absolute Gasteiger partial charge is 0.221 e. The summed E-state index contributed by atoms with van der Waals surface area (Å²) in [6.45, 7) is 3.61. The molecule has 92 valence electrons. The first-order valence-corrected chi connectivity index (χ1v) is 6.16. The van der Waals surface area contributed by atoms with E-state index in [1.165, 1.54) is 5.56 Å². The van der Waals surface area contributed by atoms with Gasteiger partial charge in [-0.1, -0.05) is 6.07 Å². The van der Waals surface area contributed by atoms with Gasteiger partial charge in [0.15, 0.2) is 0 Å². The molecule has 0 bridgehead atoms. The molecule has 1 aromatic heterocycles. The second-order valence-corrected chi connectivity index (χ2v) is 4.54. The molecule has 4 heteroatoms. The summed E-state index contributed by atoms with van der Waals surface area (Å²) in [7, 11) is 0. The van der Waals surface area contributed by atoms with E-state index in [-0.39, 0.29) is 11.9 Å². The van der Waals surface area contributed by atoms with Crippen molar-refractivity contribution >= 4 is 5.91 Å². The van der Waals surface area contributed by atoms with Gasteiger partial charge >= 0.3 is 0 Å². The van der Waals surface area contributed by atoms with E-state index < -0.39 is 0 Å². The third-order valence-electron chi connectivity index (χ3n) is 3.16. The summed E-state index contributed by atoms with van der Waals surface area (Å²) >= 11 is 0. The lowest BCUT2D eigenvalue weighted by Crippen LogP contribution is -2.32. The largest absolute Gasteiger partial charge is 0.356 e. The van der Waals surface area contributed by atoms with Crippen LogP contribution in [0.25, 0.3) is 0 Å². The molecule has 1 aliphatic heterocycles. The average Bonchev–Trinajstić information content (AvgIpc) is 2.53. The van der Waals surface area contributed by atoms with Gasteiger partial charge in [0, 0.05) is 31.7 Å². The van der Waals surface area contributed by atoms with Crippen LogP contribution in [0.3, 0.4) is 0 Å². The van der Waals surface area contributed by atoms with Crippen molar-refractivity contribution in [2.75, 3.05) is 6.54 Å². The zero-order valence-corrected chi connectivity index (χ0v) is 10.2. The molecule has 1 aliphatic rings. The van der Waals surface area contributed by atoms with Crippen molar-refractivity contribution in [3.05, 3.63) is 29.6 Å². The summed E-state index contributed by atoms with van der Waals surface area (Å²) < 4.78 is 0. The minimum Gasteiger partial charge on any atom is -0.356 e. The van der Waals surface area contributed by atoms with E-state index in [0.717, 1.165) is 31.6 Å². The van der Waals surface area contributed by atoms with Crippen molar-refractivity contribution in [1.29, 1.82) is 0 Å². The fraction of sp³-hybridized carbons (Fsp3) is 0.538. The Bertz CT molecular complexity index is 392. The Labute approximate surface area is 102 Å². The Balaban J connectivity index is 1.89. The fourth-order valence-electron chi connectivity index (χ4n) is 2.09. The van der Waals surface area contributed by atoms with E-state index in [1.807, 2.05) is 12.3 Å². The number of hydrogen-bond donors (Lipinski definition) is 2. The Morgan fingerprint density at radius 1 is 1.59 bits per heavy atom. The standard InChI is InChI=1S/C13H19N3O/c1-10-4-2-6-14-12(10)9-16-11-5-3-7-15-13(17)8-11/h2,4,6,11,16H,3,5,7-9H2,1H3,(H,15,17). The van der Waals surface area contributed by atoms with E-state index in [0.29, 0.717) is 6.42 Å². The molecule has 2 rings (SSSR count). The van der Waals surface area contributed by atoms with Crippen molar-refractivity contribution in [1.82, 2.24) is 15.6 Å². The maximum Gasteiger partial charge on any atom is 0.221 e. The monoisotopic (exact) mass is 233 g/mol. The van der Waals surface area contributed by atoms with Crippen molar-refractivity contribution < 1.29 is 4.79 Å². The lowest BCUT2D eigenvalue weighted by atomic mass is 10.1. The summed E-state index contributed by atoms with van der Waals surface area (Å²) in [5, 5.41) is 6.32. The van der Waals surface area contributed by atoms with Gasteiger partial charge in [0.2, 0.25) is 5.91 Å². The van der Waals surface area contributed by atoms with Crippen molar-refractivity contribution in [2.45, 2.75) is 38.8 Å². The molecular formula is C13H19N3O. The highest BCUT2D eigenvalue weighted by Crippen LogP contribution is 2.08. The molecule has 1 aromatic rings. The fourth-order valence-corrected chi connectivity index (χ4v) is 2.09. The van der Waals surface area contributed by atoms with Crippen molar-refractivity contribution in [3.8, 4) is 0 Å². The van der Waals surface area contributed by atoms with Gasteiger partial charge in [-0.05, 0) is 31.4 Å². The van der Waals surface area contributed by atoms with Gasteiger partial charge in [-0.3, -0.25) is 9.78 Å². The number of rotatable bonds is 3. The topological polar surface area (TPSA) is 54.0 Å². The van der Waals surface area contributed by atoms with E-state index in [1.54, 1.807) is 0 Å². The number of pyridine rings is 1. The average molecular weight is 233 g/mol. The lowest BCUT2D eigenvalue weighted by Gasteiger charge is -2.15. The van der Waals surface area contributed by atoms with Crippen LogP contribution in [0.5, 0.6) is 0 Å². The van der Waals surface area contributed by atoms with Crippen LogP contribution in [0.2, 0.25) is 0 Å². The second-order valence-electron chi connectivity index (χ2n) is 4.54. The molecule has 0 radical (unpaired) electrons. The number of aromatic nitrogens is 1. The predicted octanol–water partition coefficient (Wildman–Crippen LogP) is 1.15. The highest BCUT2D eigenvalue weighted by atomic mass is 16.1. The van der Waals surface area contributed by atoms with E-state index >= 15 is 0 Å². The molecule has 2 N–H and O–H groups in total. The van der Waals surface area contributed by atoms with Crippen LogP contribution in [-0.2, 0) is 11.3 Å². The third-order valence-corrected chi connectivity index (χ3v) is 3.16. The van der Waals surface area contributed by atoms with E-state index in [4.69, 9.17) is 0 Å². The van der Waals surface area contributed by atoms with Gasteiger partial charge in [0.05, 0.1) is 5.69 Å². The van der Waals surface area contributed by atoms with Crippen LogP contribution in [0, 0.1) is 6.92 Å². The minimum atomic E-state index is 0.151. The normalized spacial score (nSPS) is 20.8. The Hall–Kier alpha value is -1.42. The van der Waals surface area contributed by atoms with Gasteiger partial charge in [0.25, 0.3) is 0 Å². The maximum absolute atomic E-state index is 11.4. The van der Waals surface area contributed by atoms with Crippen LogP contribution < -0.4 is 10.6 Å². The first kappa shape index (κ1) is 12.0. The summed E-state index contributed by atoms with van der Waals surface area (Å²) in [5.41, 5.74) is 2.26. The first-order valence-electron chi connectivity index (χ1n) is 6.16. The molecular weight excluding hydrogens is 214 g/mol. The molecule has 4 nitrogen and oxygen atoms in total. The Morgan fingerprint density at radius 2 is 2.47 bits per heavy atom. The molecule has 0 aliphatic carbocycles. The molecule has 2 heterocycles. The van der Waals surface area contributed by atoms with Crippen LogP contribution in [-0.4, -0.2) is 23.5 Å². The molecule has 17 heavy (non-hydrogen) atoms. The third kappa shape index (κ3) is 3.53. The molecule has 0 spiro atoms. The summed E-state index contributed by atoms with van der Waals surface area (Å²) in [5.74, 6) is 0.151. The van der Waals surface area contributed by atoms with Crippen LogP contribution in [0.4, 0.5) is 0 Å². The quantitative estimate of drug-likeness (QED) is 0.823. The molecule has 1 saturated heterocycles. The molecule has 0 saturated carbocycles. The zero-order valence-electron chi connectivity index (χ0n) is 10.2. The zero-order chi connectivity index (χ0) is 12.1. The van der Waals surface area contributed by atoms with Crippen molar-refractivity contribution in [3.63, 3.8) is 0 Å². The Morgan fingerprint density at radius 3 is 3.29 bits per heavy atom. The van der Waals surface area contributed by atoms with Crippen LogP contribution in [0.1, 0.15) is 30.5 Å².